The van der Waals surface area contributed by atoms with Crippen molar-refractivity contribution in [2.45, 2.75) is 33.6 Å². The number of amides is 1. The average Bonchev–Trinajstić information content (AvgIpc) is 2.68. The summed E-state index contributed by atoms with van der Waals surface area (Å²) in [6, 6.07) is 0. The largest absolute Gasteiger partial charge is 0.357 e. The summed E-state index contributed by atoms with van der Waals surface area (Å²) in [6.45, 7) is 10.1. The Morgan fingerprint density at radius 3 is 2.50 bits per heavy atom. The maximum Gasteiger partial charge on any atom is 0.223 e. The molecular weight excluding hydrogens is 367 g/mol. The van der Waals surface area contributed by atoms with E-state index in [0.29, 0.717) is 18.4 Å². The van der Waals surface area contributed by atoms with E-state index in [1.54, 1.807) is 19.0 Å². The van der Waals surface area contributed by atoms with Gasteiger partial charge in [0, 0.05) is 40.2 Å². The highest BCUT2D eigenvalue weighted by molar-refractivity contribution is 14.0. The second-order valence-electron chi connectivity index (χ2n) is 6.11. The molecule has 0 bridgehead atoms. The molecule has 1 amide bonds. The highest BCUT2D eigenvalue weighted by Crippen LogP contribution is 2.28. The molecule has 0 aliphatic carbocycles. The number of carbonyl (C=O) groups is 1. The summed E-state index contributed by atoms with van der Waals surface area (Å²) < 4.78 is 0. The summed E-state index contributed by atoms with van der Waals surface area (Å²) in [5.41, 5.74) is 0.357. The zero-order valence-electron chi connectivity index (χ0n) is 13.4. The minimum absolute atomic E-state index is 0. The van der Waals surface area contributed by atoms with Gasteiger partial charge in [-0.15, -0.1) is 24.0 Å². The van der Waals surface area contributed by atoms with Gasteiger partial charge in [-0.25, -0.2) is 0 Å². The first-order chi connectivity index (χ1) is 8.85. The van der Waals surface area contributed by atoms with Crippen LogP contribution in [0.5, 0.6) is 0 Å². The fraction of sp³-hybridized carbons (Fsp3) is 0.857. The Morgan fingerprint density at radius 2 is 2.05 bits per heavy atom. The maximum atomic E-state index is 11.5. The van der Waals surface area contributed by atoms with Crippen molar-refractivity contribution in [3.63, 3.8) is 0 Å². The molecule has 0 aromatic rings. The van der Waals surface area contributed by atoms with Crippen LogP contribution in [-0.4, -0.2) is 61.9 Å². The van der Waals surface area contributed by atoms with Gasteiger partial charge in [-0.3, -0.25) is 9.79 Å². The predicted octanol–water partition coefficient (Wildman–Crippen LogP) is 1.78. The third-order valence-corrected chi connectivity index (χ3v) is 3.40. The van der Waals surface area contributed by atoms with Gasteiger partial charge in [0.2, 0.25) is 5.91 Å². The molecule has 1 rings (SSSR count). The number of nitrogens with zero attached hydrogens (tertiary/aromatic N) is 3. The summed E-state index contributed by atoms with van der Waals surface area (Å²) >= 11 is 0. The van der Waals surface area contributed by atoms with E-state index in [4.69, 9.17) is 0 Å². The van der Waals surface area contributed by atoms with Crippen LogP contribution in [0.1, 0.15) is 33.6 Å². The number of nitrogens with one attached hydrogen (secondary N) is 1. The van der Waals surface area contributed by atoms with E-state index in [2.05, 4.69) is 36.0 Å². The Kier molecular flexibility index (Phi) is 8.46. The maximum absolute atomic E-state index is 11.5. The topological polar surface area (TPSA) is 47.9 Å². The molecule has 1 aliphatic rings. The Morgan fingerprint density at radius 1 is 1.40 bits per heavy atom. The molecule has 1 saturated heterocycles. The number of hydrogen-bond donors (Lipinski definition) is 1. The first-order valence-electron chi connectivity index (χ1n) is 7.09. The zero-order chi connectivity index (χ0) is 14.5. The fourth-order valence-electron chi connectivity index (χ4n) is 2.20. The Hall–Kier alpha value is -0.530. The van der Waals surface area contributed by atoms with Crippen LogP contribution in [0, 0.1) is 5.41 Å². The number of aliphatic imine (C=N–C) groups is 1. The number of carbonyl (C=O) groups excluding carboxylic acids is 1. The standard InChI is InChI=1S/C14H28N4O.HI/c1-6-15-13(16-9-7-12(19)17(4)5)18-10-8-14(2,3)11-18;/h6-11H2,1-5H3,(H,15,16);1H. The molecule has 5 nitrogen and oxygen atoms in total. The Labute approximate surface area is 140 Å². The van der Waals surface area contributed by atoms with Gasteiger partial charge in [-0.05, 0) is 18.8 Å². The molecule has 1 N–H and O–H groups in total. The molecule has 0 unspecified atom stereocenters. The molecule has 20 heavy (non-hydrogen) atoms. The highest BCUT2D eigenvalue weighted by Gasteiger charge is 2.30. The van der Waals surface area contributed by atoms with Crippen molar-refractivity contribution in [1.29, 1.82) is 0 Å². The molecule has 1 heterocycles. The van der Waals surface area contributed by atoms with Gasteiger partial charge >= 0.3 is 0 Å². The van der Waals surface area contributed by atoms with Crippen LogP contribution in [0.15, 0.2) is 4.99 Å². The third-order valence-electron chi connectivity index (χ3n) is 3.40. The van der Waals surface area contributed by atoms with Crippen molar-refractivity contribution < 1.29 is 4.79 Å². The van der Waals surface area contributed by atoms with Crippen molar-refractivity contribution in [2.75, 3.05) is 40.3 Å². The summed E-state index contributed by atoms with van der Waals surface area (Å²) in [6.07, 6.45) is 1.66. The molecular formula is C14H29IN4O. The lowest BCUT2D eigenvalue weighted by atomic mass is 9.93. The van der Waals surface area contributed by atoms with Crippen LogP contribution in [-0.2, 0) is 4.79 Å². The lowest BCUT2D eigenvalue weighted by Crippen LogP contribution is -2.41. The van der Waals surface area contributed by atoms with Gasteiger partial charge in [-0.2, -0.15) is 0 Å². The minimum atomic E-state index is 0. The third kappa shape index (κ3) is 6.28. The van der Waals surface area contributed by atoms with Crippen LogP contribution in [0.2, 0.25) is 0 Å². The molecule has 0 atom stereocenters. The van der Waals surface area contributed by atoms with Crippen LogP contribution in [0.3, 0.4) is 0 Å². The van der Waals surface area contributed by atoms with Crippen molar-refractivity contribution in [2.24, 2.45) is 10.4 Å². The monoisotopic (exact) mass is 396 g/mol. The smallest absolute Gasteiger partial charge is 0.223 e. The normalized spacial score (nSPS) is 17.6. The summed E-state index contributed by atoms with van der Waals surface area (Å²) in [4.78, 5) is 20.0. The zero-order valence-corrected chi connectivity index (χ0v) is 15.7. The predicted molar refractivity (Wildman–Crippen MR) is 94.7 cm³/mol. The summed E-state index contributed by atoms with van der Waals surface area (Å²) in [7, 11) is 3.56. The summed E-state index contributed by atoms with van der Waals surface area (Å²) in [5, 5.41) is 3.32. The second-order valence-corrected chi connectivity index (χ2v) is 6.11. The number of rotatable bonds is 4. The lowest BCUT2D eigenvalue weighted by Gasteiger charge is -2.23. The van der Waals surface area contributed by atoms with E-state index in [-0.39, 0.29) is 29.9 Å². The minimum Gasteiger partial charge on any atom is -0.357 e. The van der Waals surface area contributed by atoms with Gasteiger partial charge in [-0.1, -0.05) is 13.8 Å². The van der Waals surface area contributed by atoms with Crippen molar-refractivity contribution >= 4 is 35.8 Å². The molecule has 0 aromatic heterocycles. The van der Waals surface area contributed by atoms with Crippen molar-refractivity contribution in [3.05, 3.63) is 0 Å². The molecule has 0 saturated carbocycles. The molecule has 0 spiro atoms. The second kappa shape index (κ2) is 8.69. The number of halogens is 1. The van der Waals surface area contributed by atoms with Gasteiger partial charge in [0.05, 0.1) is 6.54 Å². The van der Waals surface area contributed by atoms with E-state index in [9.17, 15) is 4.79 Å². The van der Waals surface area contributed by atoms with Crippen molar-refractivity contribution in [3.8, 4) is 0 Å². The number of likely N-dealkylation sites (tertiary alicyclic amines) is 1. The Balaban J connectivity index is 0.00000361. The first kappa shape index (κ1) is 19.5. The van der Waals surface area contributed by atoms with E-state index < -0.39 is 0 Å². The van der Waals surface area contributed by atoms with Gasteiger partial charge in [0.15, 0.2) is 5.96 Å². The highest BCUT2D eigenvalue weighted by atomic mass is 127. The molecule has 1 fully saturated rings. The molecule has 6 heteroatoms. The SMILES string of the molecule is CCNC(=NCCC(=O)N(C)C)N1CCC(C)(C)C1.I. The molecule has 118 valence electrons. The van der Waals surface area contributed by atoms with Gasteiger partial charge in [0.1, 0.15) is 0 Å². The fourth-order valence-corrected chi connectivity index (χ4v) is 2.20. The van der Waals surface area contributed by atoms with E-state index in [1.165, 1.54) is 6.42 Å². The lowest BCUT2D eigenvalue weighted by molar-refractivity contribution is -0.128. The molecule has 0 aromatic carbocycles. The molecule has 1 aliphatic heterocycles. The van der Waals surface area contributed by atoms with Crippen LogP contribution in [0.4, 0.5) is 0 Å². The molecule has 0 radical (unpaired) electrons. The number of hydrogen-bond acceptors (Lipinski definition) is 2. The first-order valence-corrected chi connectivity index (χ1v) is 7.09. The Bertz CT molecular complexity index is 342. The average molecular weight is 396 g/mol. The van der Waals surface area contributed by atoms with Crippen LogP contribution >= 0.6 is 24.0 Å². The van der Waals surface area contributed by atoms with Gasteiger partial charge < -0.3 is 15.1 Å². The van der Waals surface area contributed by atoms with Gasteiger partial charge in [0.25, 0.3) is 0 Å². The van der Waals surface area contributed by atoms with E-state index >= 15 is 0 Å². The number of guanidine groups is 1. The summed E-state index contributed by atoms with van der Waals surface area (Å²) in [5.74, 6) is 1.07. The van der Waals surface area contributed by atoms with E-state index in [0.717, 1.165) is 25.6 Å². The van der Waals surface area contributed by atoms with E-state index in [1.807, 2.05) is 0 Å². The quantitative estimate of drug-likeness (QED) is 0.448. The van der Waals surface area contributed by atoms with Crippen LogP contribution < -0.4 is 5.32 Å². The van der Waals surface area contributed by atoms with Crippen LogP contribution in [0.25, 0.3) is 0 Å². The van der Waals surface area contributed by atoms with Crippen molar-refractivity contribution in [1.82, 2.24) is 15.1 Å².